The summed E-state index contributed by atoms with van der Waals surface area (Å²) in [5, 5.41) is 30.2. The van der Waals surface area contributed by atoms with E-state index in [1.807, 2.05) is 0 Å². The Kier molecular flexibility index (Phi) is 23.5. The van der Waals surface area contributed by atoms with E-state index in [9.17, 15) is 29.7 Å². The molecule has 0 fully saturated rings. The fourth-order valence-electron chi connectivity index (χ4n) is 5.31. The molecule has 0 aromatic heterocycles. The van der Waals surface area contributed by atoms with Crippen molar-refractivity contribution in [3.63, 3.8) is 0 Å². The molecule has 0 bridgehead atoms. The first-order chi connectivity index (χ1) is 19.5. The molecule has 3 atom stereocenters. The van der Waals surface area contributed by atoms with E-state index in [4.69, 9.17) is 0 Å². The van der Waals surface area contributed by atoms with Gasteiger partial charge in [-0.2, -0.15) is 0 Å². The molecule has 2 N–H and O–H groups in total. The maximum Gasteiger partial charge on any atom is 0.306 e. The van der Waals surface area contributed by atoms with E-state index in [1.165, 1.54) is 70.6 Å². The zero-order valence-corrected chi connectivity index (χ0v) is 26.9. The second-order valence-corrected chi connectivity index (χ2v) is 12.6. The number of hydrogen-bond donors (Lipinski definition) is 2. The zero-order chi connectivity index (χ0) is 30.9. The maximum absolute atomic E-state index is 11.5. The molecule has 41 heavy (non-hydrogen) atoms. The molecule has 0 amide bonds. The van der Waals surface area contributed by atoms with E-state index in [2.05, 4.69) is 19.1 Å². The summed E-state index contributed by atoms with van der Waals surface area (Å²) in [5.41, 5.74) is 0. The number of unbranched alkanes of at least 4 members (excludes halogenated alkanes) is 13. The number of quaternary nitrogens is 1. The van der Waals surface area contributed by atoms with Gasteiger partial charge in [0.1, 0.15) is 0 Å². The topological polar surface area (TPSA) is 115 Å². The Morgan fingerprint density at radius 2 is 0.951 bits per heavy atom. The summed E-state index contributed by atoms with van der Waals surface area (Å²) < 4.78 is 0.580. The van der Waals surface area contributed by atoms with Gasteiger partial charge in [0, 0.05) is 31.1 Å². The van der Waals surface area contributed by atoms with Crippen LogP contribution in [0.2, 0.25) is 0 Å². The predicted molar refractivity (Wildman–Crippen MR) is 165 cm³/mol. The molecule has 0 saturated heterocycles. The summed E-state index contributed by atoms with van der Waals surface area (Å²) in [5.74, 6) is -4.32. The minimum absolute atomic E-state index is 0.442. The summed E-state index contributed by atoms with van der Waals surface area (Å²) in [4.78, 5) is 34.3. The van der Waals surface area contributed by atoms with E-state index in [-0.39, 0.29) is 0 Å². The van der Waals surface area contributed by atoms with Gasteiger partial charge in [-0.25, -0.2) is 0 Å². The molecule has 240 valence electrons. The Balaban J connectivity index is 4.61. The van der Waals surface area contributed by atoms with Crippen LogP contribution in [0.1, 0.15) is 143 Å². The highest BCUT2D eigenvalue weighted by Crippen LogP contribution is 2.22. The second kappa shape index (κ2) is 24.7. The van der Waals surface area contributed by atoms with Gasteiger partial charge in [0.05, 0.1) is 38.0 Å². The van der Waals surface area contributed by atoms with E-state index >= 15 is 0 Å². The minimum atomic E-state index is -1.08. The fraction of sp³-hybridized carbons (Fsp3) is 0.853. The van der Waals surface area contributed by atoms with Crippen molar-refractivity contribution in [1.29, 1.82) is 0 Å². The average Bonchev–Trinajstić information content (AvgIpc) is 2.94. The summed E-state index contributed by atoms with van der Waals surface area (Å²) >= 11 is 0. The van der Waals surface area contributed by atoms with Crippen LogP contribution in [0.25, 0.3) is 0 Å². The van der Waals surface area contributed by atoms with E-state index in [1.54, 1.807) is 20.8 Å². The standard InChI is InChI=1S/C34H63NO6/c1-5-6-7-8-9-10-11-12-13-14-15-16-17-18-19-20-21-25-35(26-22-29(2)32(36)37,27-23-30(3)33(38)39)28-24-31(4)34(40)41/h13-14,29-31H,5-12,15-28H2,1-4H3,(H2-,36,37,38,39,40,41)/b14-13+. The Labute approximate surface area is 251 Å². The normalized spacial score (nSPS) is 15.4. The summed E-state index contributed by atoms with van der Waals surface area (Å²) in [6.07, 6.45) is 24.8. The molecule has 0 radical (unpaired) electrons. The maximum atomic E-state index is 11.5. The largest absolute Gasteiger partial charge is 0.550 e. The zero-order valence-electron chi connectivity index (χ0n) is 26.9. The molecule has 0 saturated carbocycles. The highest BCUT2D eigenvalue weighted by atomic mass is 16.4. The van der Waals surface area contributed by atoms with Gasteiger partial charge in [-0.1, -0.05) is 97.6 Å². The molecule has 0 aromatic rings. The van der Waals surface area contributed by atoms with Crippen LogP contribution < -0.4 is 5.11 Å². The van der Waals surface area contributed by atoms with Crippen LogP contribution in [0.15, 0.2) is 12.2 Å². The van der Waals surface area contributed by atoms with Crippen LogP contribution in [-0.2, 0) is 14.4 Å². The minimum Gasteiger partial charge on any atom is -0.550 e. The first-order valence-electron chi connectivity index (χ1n) is 16.7. The molecule has 0 aromatic carbocycles. The number of hydrogen-bond acceptors (Lipinski definition) is 4. The van der Waals surface area contributed by atoms with Crippen molar-refractivity contribution in [2.75, 3.05) is 26.2 Å². The number of aliphatic carboxylic acids is 3. The smallest absolute Gasteiger partial charge is 0.306 e. The van der Waals surface area contributed by atoms with Crippen LogP contribution in [0.5, 0.6) is 0 Å². The molecule has 0 rings (SSSR count). The molecular formula is C34H63NO6. The predicted octanol–water partition coefficient (Wildman–Crippen LogP) is 7.23. The second-order valence-electron chi connectivity index (χ2n) is 12.6. The molecule has 0 aliphatic rings. The molecular weight excluding hydrogens is 518 g/mol. The Morgan fingerprint density at radius 3 is 1.34 bits per heavy atom. The third kappa shape index (κ3) is 21.5. The van der Waals surface area contributed by atoms with Gasteiger partial charge >= 0.3 is 11.9 Å². The van der Waals surface area contributed by atoms with Crippen molar-refractivity contribution in [3.8, 4) is 0 Å². The summed E-state index contributed by atoms with van der Waals surface area (Å²) in [6, 6.07) is 0. The molecule has 0 heterocycles. The first-order valence-corrected chi connectivity index (χ1v) is 16.7. The van der Waals surface area contributed by atoms with Gasteiger partial charge in [0.15, 0.2) is 0 Å². The highest BCUT2D eigenvalue weighted by Gasteiger charge is 2.30. The number of carbonyl (C=O) groups is 3. The van der Waals surface area contributed by atoms with Crippen molar-refractivity contribution in [2.45, 2.75) is 143 Å². The molecule has 7 nitrogen and oxygen atoms in total. The third-order valence-electron chi connectivity index (χ3n) is 8.75. The first kappa shape index (κ1) is 39.1. The van der Waals surface area contributed by atoms with Crippen LogP contribution in [0.4, 0.5) is 0 Å². The van der Waals surface area contributed by atoms with Gasteiger partial charge in [-0.15, -0.1) is 0 Å². The number of allylic oxidation sites excluding steroid dienone is 2. The van der Waals surface area contributed by atoms with Gasteiger partial charge in [-0.3, -0.25) is 9.59 Å². The lowest BCUT2D eigenvalue weighted by atomic mass is 10.0. The van der Waals surface area contributed by atoms with Crippen molar-refractivity contribution < 1.29 is 34.2 Å². The monoisotopic (exact) mass is 581 g/mol. The number of rotatable bonds is 29. The van der Waals surface area contributed by atoms with E-state index < -0.39 is 35.7 Å². The summed E-state index contributed by atoms with van der Waals surface area (Å²) in [7, 11) is 0. The molecule has 3 unspecified atom stereocenters. The quantitative estimate of drug-likeness (QED) is 0.0547. The van der Waals surface area contributed by atoms with Crippen LogP contribution in [0, 0.1) is 17.8 Å². The number of carboxylic acids is 3. The van der Waals surface area contributed by atoms with E-state index in [0.717, 1.165) is 32.2 Å². The lowest BCUT2D eigenvalue weighted by Crippen LogP contribution is -2.52. The van der Waals surface area contributed by atoms with Crippen molar-refractivity contribution in [1.82, 2.24) is 0 Å². The van der Waals surface area contributed by atoms with Crippen LogP contribution in [-0.4, -0.2) is 58.8 Å². The average molecular weight is 582 g/mol. The van der Waals surface area contributed by atoms with Crippen LogP contribution >= 0.6 is 0 Å². The molecule has 0 aliphatic heterocycles. The van der Waals surface area contributed by atoms with Gasteiger partial charge in [0.2, 0.25) is 0 Å². The number of carbonyl (C=O) groups excluding carboxylic acids is 1. The highest BCUT2D eigenvalue weighted by molar-refractivity contribution is 5.69. The van der Waals surface area contributed by atoms with Gasteiger partial charge in [-0.05, 0) is 38.5 Å². The Morgan fingerprint density at radius 1 is 0.585 bits per heavy atom. The van der Waals surface area contributed by atoms with E-state index in [0.29, 0.717) is 43.4 Å². The van der Waals surface area contributed by atoms with Crippen molar-refractivity contribution >= 4 is 17.9 Å². The molecule has 7 heteroatoms. The van der Waals surface area contributed by atoms with Gasteiger partial charge in [0.25, 0.3) is 0 Å². The van der Waals surface area contributed by atoms with Crippen molar-refractivity contribution in [3.05, 3.63) is 12.2 Å². The van der Waals surface area contributed by atoms with Gasteiger partial charge < -0.3 is 24.6 Å². The van der Waals surface area contributed by atoms with Crippen molar-refractivity contribution in [2.24, 2.45) is 17.8 Å². The SMILES string of the molecule is CCCCCCCCC/C=C/CCCCCCCC[N+](CCC(C)C(=O)[O-])(CCC(C)C(=O)O)CCC(C)C(=O)O. The lowest BCUT2D eigenvalue weighted by Gasteiger charge is -2.41. The number of carboxylic acid groups (broad SMARTS) is 3. The molecule has 0 aliphatic carbocycles. The van der Waals surface area contributed by atoms with Crippen LogP contribution in [0.3, 0.4) is 0 Å². The Bertz CT molecular complexity index is 662. The number of nitrogens with zero attached hydrogens (tertiary/aromatic N) is 1. The summed E-state index contributed by atoms with van der Waals surface area (Å²) in [6.45, 7) is 9.95. The Hall–Kier alpha value is -1.89. The lowest BCUT2D eigenvalue weighted by molar-refractivity contribution is -0.929. The molecule has 0 spiro atoms. The fourth-order valence-corrected chi connectivity index (χ4v) is 5.31. The third-order valence-corrected chi connectivity index (χ3v) is 8.75.